The van der Waals surface area contributed by atoms with E-state index in [-0.39, 0.29) is 6.10 Å². The van der Waals surface area contributed by atoms with Crippen LogP contribution >= 0.6 is 11.6 Å². The van der Waals surface area contributed by atoms with Crippen LogP contribution in [-0.2, 0) is 4.74 Å². The molecule has 5 heteroatoms. The van der Waals surface area contributed by atoms with E-state index in [0.717, 1.165) is 6.42 Å². The molecule has 0 bridgehead atoms. The van der Waals surface area contributed by atoms with Crippen molar-refractivity contribution < 1.29 is 19.3 Å². The Morgan fingerprint density at radius 1 is 1.29 bits per heavy atom. The average Bonchev–Trinajstić information content (AvgIpc) is 2.87. The molecule has 3 unspecified atom stereocenters. The third kappa shape index (κ3) is 3.62. The average molecular weight is 315 g/mol. The van der Waals surface area contributed by atoms with Crippen molar-refractivity contribution >= 4 is 11.6 Å². The van der Waals surface area contributed by atoms with Gasteiger partial charge in [0.15, 0.2) is 11.5 Å². The molecule has 1 saturated heterocycles. The Kier molecular flexibility index (Phi) is 5.73. The first-order valence-electron chi connectivity index (χ1n) is 7.47. The molecule has 21 heavy (non-hydrogen) atoms. The van der Waals surface area contributed by atoms with Crippen LogP contribution in [-0.4, -0.2) is 31.0 Å². The zero-order valence-corrected chi connectivity index (χ0v) is 13.5. The quantitative estimate of drug-likeness (QED) is 0.871. The van der Waals surface area contributed by atoms with Crippen LogP contribution in [0.4, 0.5) is 0 Å². The van der Waals surface area contributed by atoms with Gasteiger partial charge in [0.1, 0.15) is 6.10 Å². The molecule has 3 atom stereocenters. The Hall–Kier alpha value is -0.970. The summed E-state index contributed by atoms with van der Waals surface area (Å²) in [5, 5.41) is 11.0. The summed E-state index contributed by atoms with van der Waals surface area (Å²) >= 11 is 6.31. The van der Waals surface area contributed by atoms with E-state index in [1.807, 2.05) is 13.8 Å². The third-order valence-electron chi connectivity index (χ3n) is 3.74. The highest BCUT2D eigenvalue weighted by molar-refractivity contribution is 6.31. The van der Waals surface area contributed by atoms with Gasteiger partial charge in [-0.15, -0.1) is 0 Å². The van der Waals surface area contributed by atoms with Crippen molar-refractivity contribution in [3.63, 3.8) is 0 Å². The molecule has 1 aliphatic rings. The maximum absolute atomic E-state index is 10.6. The minimum Gasteiger partial charge on any atom is -0.490 e. The molecular formula is C16H23ClO4. The fourth-order valence-electron chi connectivity index (χ4n) is 2.61. The Morgan fingerprint density at radius 3 is 2.43 bits per heavy atom. The van der Waals surface area contributed by atoms with Crippen LogP contribution in [0.2, 0.25) is 5.02 Å². The Morgan fingerprint density at radius 2 is 1.90 bits per heavy atom. The Bertz CT molecular complexity index is 478. The monoisotopic (exact) mass is 314 g/mol. The maximum atomic E-state index is 10.6. The van der Waals surface area contributed by atoms with Crippen molar-refractivity contribution in [1.29, 1.82) is 0 Å². The molecule has 1 aromatic rings. The number of rotatable bonds is 6. The summed E-state index contributed by atoms with van der Waals surface area (Å²) in [6.07, 6.45) is -0.0332. The minimum atomic E-state index is -0.759. The smallest absolute Gasteiger partial charge is 0.162 e. The second-order valence-corrected chi connectivity index (χ2v) is 5.64. The summed E-state index contributed by atoms with van der Waals surface area (Å²) in [7, 11) is 0. The van der Waals surface area contributed by atoms with Crippen molar-refractivity contribution in [3.05, 3.63) is 22.7 Å². The number of halogens is 1. The van der Waals surface area contributed by atoms with Gasteiger partial charge in [-0.05, 0) is 32.3 Å². The summed E-state index contributed by atoms with van der Waals surface area (Å²) in [6, 6.07) is 3.46. The van der Waals surface area contributed by atoms with Gasteiger partial charge < -0.3 is 19.3 Å². The van der Waals surface area contributed by atoms with Crippen molar-refractivity contribution in [2.45, 2.75) is 39.4 Å². The van der Waals surface area contributed by atoms with Crippen LogP contribution in [0.1, 0.15) is 38.9 Å². The van der Waals surface area contributed by atoms with Gasteiger partial charge in [0.05, 0.1) is 24.3 Å². The predicted molar refractivity (Wildman–Crippen MR) is 82.3 cm³/mol. The molecule has 118 valence electrons. The van der Waals surface area contributed by atoms with Crippen LogP contribution in [0.15, 0.2) is 12.1 Å². The minimum absolute atomic E-state index is 0.227. The lowest BCUT2D eigenvalue weighted by Gasteiger charge is -2.23. The fraction of sp³-hybridized carbons (Fsp3) is 0.625. The van der Waals surface area contributed by atoms with Gasteiger partial charge in [-0.2, -0.15) is 0 Å². The van der Waals surface area contributed by atoms with Crippen LogP contribution in [0.5, 0.6) is 11.5 Å². The number of hydrogen-bond acceptors (Lipinski definition) is 4. The van der Waals surface area contributed by atoms with E-state index in [1.165, 1.54) is 0 Å². The first-order chi connectivity index (χ1) is 10.1. The van der Waals surface area contributed by atoms with Crippen LogP contribution in [0, 0.1) is 5.92 Å². The number of ether oxygens (including phenoxy) is 3. The molecule has 1 aromatic carbocycles. The van der Waals surface area contributed by atoms with Crippen molar-refractivity contribution in [1.82, 2.24) is 0 Å². The van der Waals surface area contributed by atoms with Crippen molar-refractivity contribution in [2.75, 3.05) is 19.8 Å². The lowest BCUT2D eigenvalue weighted by Crippen LogP contribution is -2.23. The highest BCUT2D eigenvalue weighted by Gasteiger charge is 2.33. The normalized spacial score (nSPS) is 23.1. The first kappa shape index (κ1) is 16.4. The standard InChI is InChI=1S/C16H23ClO4/c1-4-19-13-8-11(12(17)9-14(13)20-5-2)15(18)16-10(3)6-7-21-16/h8-10,15-16,18H,4-7H2,1-3H3. The van der Waals surface area contributed by atoms with Crippen LogP contribution < -0.4 is 9.47 Å². The molecule has 0 amide bonds. The van der Waals surface area contributed by atoms with E-state index in [1.54, 1.807) is 12.1 Å². The molecule has 1 aliphatic heterocycles. The van der Waals surface area contributed by atoms with Gasteiger partial charge in [0, 0.05) is 18.2 Å². The summed E-state index contributed by atoms with van der Waals surface area (Å²) in [5.41, 5.74) is 0.627. The van der Waals surface area contributed by atoms with E-state index < -0.39 is 6.10 Å². The summed E-state index contributed by atoms with van der Waals surface area (Å²) in [4.78, 5) is 0. The summed E-state index contributed by atoms with van der Waals surface area (Å²) in [6.45, 7) is 7.61. The molecule has 0 aliphatic carbocycles. The molecule has 1 N–H and O–H groups in total. The van der Waals surface area contributed by atoms with Crippen molar-refractivity contribution in [2.24, 2.45) is 5.92 Å². The fourth-order valence-corrected chi connectivity index (χ4v) is 2.88. The van der Waals surface area contributed by atoms with Crippen molar-refractivity contribution in [3.8, 4) is 11.5 Å². The zero-order valence-electron chi connectivity index (χ0n) is 12.8. The van der Waals surface area contributed by atoms with Gasteiger partial charge in [0.2, 0.25) is 0 Å². The summed E-state index contributed by atoms with van der Waals surface area (Å²) in [5.74, 6) is 1.50. The van der Waals surface area contributed by atoms with E-state index in [9.17, 15) is 5.11 Å². The highest BCUT2D eigenvalue weighted by atomic mass is 35.5. The molecule has 0 radical (unpaired) electrons. The summed E-state index contributed by atoms with van der Waals surface area (Å²) < 4.78 is 16.8. The second kappa shape index (κ2) is 7.34. The van der Waals surface area contributed by atoms with Gasteiger partial charge in [-0.1, -0.05) is 18.5 Å². The van der Waals surface area contributed by atoms with Gasteiger partial charge in [0.25, 0.3) is 0 Å². The van der Waals surface area contributed by atoms with E-state index in [2.05, 4.69) is 6.92 Å². The van der Waals surface area contributed by atoms with Gasteiger partial charge in [-0.3, -0.25) is 0 Å². The SMILES string of the molecule is CCOc1cc(Cl)c(C(O)C2OCCC2C)cc1OCC. The van der Waals surface area contributed by atoms with Gasteiger partial charge in [-0.25, -0.2) is 0 Å². The van der Waals surface area contributed by atoms with Crippen LogP contribution in [0.3, 0.4) is 0 Å². The molecule has 4 nitrogen and oxygen atoms in total. The Balaban J connectivity index is 2.31. The number of aliphatic hydroxyl groups excluding tert-OH is 1. The maximum Gasteiger partial charge on any atom is 0.162 e. The highest BCUT2D eigenvalue weighted by Crippen LogP contribution is 2.40. The first-order valence-corrected chi connectivity index (χ1v) is 7.84. The molecule has 0 spiro atoms. The molecule has 0 saturated carbocycles. The molecule has 1 heterocycles. The van der Waals surface area contributed by atoms with E-state index >= 15 is 0 Å². The largest absolute Gasteiger partial charge is 0.490 e. The molecule has 2 rings (SSSR count). The van der Waals surface area contributed by atoms with E-state index in [4.69, 9.17) is 25.8 Å². The molecule has 1 fully saturated rings. The topological polar surface area (TPSA) is 47.9 Å². The number of aliphatic hydroxyl groups is 1. The number of benzene rings is 1. The molecule has 0 aromatic heterocycles. The van der Waals surface area contributed by atoms with Crippen LogP contribution in [0.25, 0.3) is 0 Å². The van der Waals surface area contributed by atoms with Gasteiger partial charge >= 0.3 is 0 Å². The number of hydrogen-bond donors (Lipinski definition) is 1. The lowest BCUT2D eigenvalue weighted by molar-refractivity contribution is -0.0178. The molecular weight excluding hydrogens is 292 g/mol. The van der Waals surface area contributed by atoms with E-state index in [0.29, 0.717) is 47.8 Å². The lowest BCUT2D eigenvalue weighted by atomic mass is 9.94. The third-order valence-corrected chi connectivity index (χ3v) is 4.06. The zero-order chi connectivity index (χ0) is 15.4. The predicted octanol–water partition coefficient (Wildman–Crippen LogP) is 3.60. The second-order valence-electron chi connectivity index (χ2n) is 5.23. The Labute approximate surface area is 131 Å².